The average molecular weight is 842 g/mol. The minimum Gasteiger partial charge on any atom is -0.491 e. The molecule has 4 aromatic rings. The number of allylic oxidation sites excluding steroid dienone is 2. The predicted octanol–water partition coefficient (Wildman–Crippen LogP) is 8.08. The molecule has 4 aromatic carbocycles. The van der Waals surface area contributed by atoms with Gasteiger partial charge in [0.25, 0.3) is 11.8 Å². The van der Waals surface area contributed by atoms with Crippen LogP contribution < -0.4 is 15.1 Å². The number of carbonyl (C=O) groups excluding carboxylic acids is 4. The van der Waals surface area contributed by atoms with Crippen molar-refractivity contribution in [2.75, 3.05) is 23.5 Å². The molecule has 4 aliphatic rings. The molecule has 2 N–H and O–H groups in total. The second-order valence-corrected chi connectivity index (χ2v) is 15.2. The van der Waals surface area contributed by atoms with Gasteiger partial charge >= 0.3 is 12.4 Å². The molecule has 2 aliphatic heterocycles. The van der Waals surface area contributed by atoms with Crippen LogP contribution in [-0.4, -0.2) is 47.0 Å². The number of ether oxygens (including phenoxy) is 1. The lowest BCUT2D eigenvalue weighted by molar-refractivity contribution is -0.143. The minimum absolute atomic E-state index is 0.0319. The topological polar surface area (TPSA) is 116 Å². The van der Waals surface area contributed by atoms with Gasteiger partial charge < -0.3 is 9.84 Å². The molecule has 0 radical (unpaired) electrons. The maximum atomic E-state index is 15.2. The van der Waals surface area contributed by atoms with Crippen molar-refractivity contribution in [3.63, 3.8) is 0 Å². The highest BCUT2D eigenvalue weighted by molar-refractivity contribution is 6.30. The van der Waals surface area contributed by atoms with E-state index in [1.54, 1.807) is 42.5 Å². The van der Waals surface area contributed by atoms with Crippen molar-refractivity contribution < 1.29 is 59.8 Å². The van der Waals surface area contributed by atoms with Gasteiger partial charge in [0, 0.05) is 10.9 Å². The number of fused-ring (bicyclic) bond motifs is 4. The molecule has 6 unspecified atom stereocenters. The number of nitrogens with zero attached hydrogens (tertiary/aromatic N) is 2. The summed E-state index contributed by atoms with van der Waals surface area (Å²) >= 11 is 6.31. The summed E-state index contributed by atoms with van der Waals surface area (Å²) in [6, 6.07) is 18.1. The van der Waals surface area contributed by atoms with E-state index in [-0.39, 0.29) is 37.8 Å². The average Bonchev–Trinajstić information content (AvgIpc) is 3.58. The number of hydrogen-bond acceptors (Lipinski definition) is 7. The standard InChI is InChI=1S/C42H31ClF7N3O6/c43-25-5-3-22(4-6-25)40-33(37(56)53(39(40)58)51-27-9-7-26(44)8-10-27)20-32-30(35(40)21-1-11-29(12-2-21)59-16-15-54)13-14-31-34(32)38(57)52(36(31)55)28-18-23(41(45,46)47)17-24(19-28)42(48,49)50/h1-13,17-19,31-35,51,54H,14-16,20H2. The molecule has 2 heterocycles. The normalized spacial score (nSPS) is 25.4. The zero-order valence-corrected chi connectivity index (χ0v) is 31.1. The number of halogens is 8. The number of anilines is 2. The van der Waals surface area contributed by atoms with Crippen LogP contribution in [0.5, 0.6) is 5.75 Å². The van der Waals surface area contributed by atoms with Crippen LogP contribution in [0, 0.1) is 29.5 Å². The highest BCUT2D eigenvalue weighted by Crippen LogP contribution is 2.64. The Labute approximate surface area is 336 Å². The van der Waals surface area contributed by atoms with Crippen LogP contribution in [0.1, 0.15) is 41.0 Å². The molecule has 0 spiro atoms. The first-order valence-electron chi connectivity index (χ1n) is 18.3. The Balaban J connectivity index is 1.29. The molecular weight excluding hydrogens is 811 g/mol. The largest absolute Gasteiger partial charge is 0.491 e. The van der Waals surface area contributed by atoms with Crippen LogP contribution in [0.2, 0.25) is 5.02 Å². The summed E-state index contributed by atoms with van der Waals surface area (Å²) in [7, 11) is 0. The van der Waals surface area contributed by atoms with E-state index in [2.05, 4.69) is 5.43 Å². The third-order valence-electron chi connectivity index (χ3n) is 11.7. The third-order valence-corrected chi connectivity index (χ3v) is 11.9. The fraction of sp³-hybridized carbons (Fsp3) is 0.286. The highest BCUT2D eigenvalue weighted by atomic mass is 35.5. The van der Waals surface area contributed by atoms with Crippen molar-refractivity contribution in [1.29, 1.82) is 0 Å². The van der Waals surface area contributed by atoms with E-state index >= 15 is 4.79 Å². The zero-order chi connectivity index (χ0) is 42.2. The van der Waals surface area contributed by atoms with E-state index in [1.165, 1.54) is 24.3 Å². The molecule has 3 fully saturated rings. The molecule has 8 rings (SSSR count). The van der Waals surface area contributed by atoms with Crippen LogP contribution in [0.4, 0.5) is 42.1 Å². The molecule has 2 saturated heterocycles. The van der Waals surface area contributed by atoms with E-state index < -0.39 is 93.6 Å². The number of aliphatic hydroxyl groups is 1. The zero-order valence-electron chi connectivity index (χ0n) is 30.4. The molecule has 1 saturated carbocycles. The fourth-order valence-electron chi connectivity index (χ4n) is 9.27. The number of amides is 4. The van der Waals surface area contributed by atoms with Gasteiger partial charge in [-0.2, -0.15) is 31.4 Å². The number of hydrogen-bond donors (Lipinski definition) is 2. The first kappa shape index (κ1) is 40.1. The molecule has 17 heteroatoms. The summed E-state index contributed by atoms with van der Waals surface area (Å²) in [6.45, 7) is -0.312. The minimum atomic E-state index is -5.26. The number of alkyl halides is 6. The van der Waals surface area contributed by atoms with Gasteiger partial charge in [-0.05, 0) is 96.6 Å². The SMILES string of the molecule is O=C1C2CC3C(=CCC4C(=O)N(c5cc(C(F)(F)F)cc(C(F)(F)F)c5)C(=O)C43)C(c3ccc(OCCO)cc3)C2(c2ccc(Cl)cc2)C(=O)N1Nc1ccc(F)cc1. The lowest BCUT2D eigenvalue weighted by Gasteiger charge is -2.50. The summed E-state index contributed by atoms with van der Waals surface area (Å²) in [5.74, 6) is -9.65. The summed E-state index contributed by atoms with van der Waals surface area (Å²) in [5.41, 5.74) is -1.82. The summed E-state index contributed by atoms with van der Waals surface area (Å²) < 4.78 is 103. The fourth-order valence-corrected chi connectivity index (χ4v) is 9.40. The van der Waals surface area contributed by atoms with Gasteiger partial charge in [0.05, 0.1) is 52.3 Å². The Morgan fingerprint density at radius 1 is 0.797 bits per heavy atom. The van der Waals surface area contributed by atoms with E-state index in [9.17, 15) is 50.2 Å². The van der Waals surface area contributed by atoms with Crippen LogP contribution in [0.3, 0.4) is 0 Å². The molecule has 0 bridgehead atoms. The molecular formula is C42H31ClF7N3O6. The van der Waals surface area contributed by atoms with Gasteiger partial charge in [-0.15, -0.1) is 0 Å². The molecule has 306 valence electrons. The second kappa shape index (κ2) is 14.5. The molecule has 0 aromatic heterocycles. The van der Waals surface area contributed by atoms with E-state index in [1.807, 2.05) is 0 Å². The number of rotatable bonds is 8. The van der Waals surface area contributed by atoms with E-state index in [0.717, 1.165) is 17.1 Å². The first-order valence-corrected chi connectivity index (χ1v) is 18.7. The molecule has 4 amide bonds. The summed E-state index contributed by atoms with van der Waals surface area (Å²) in [4.78, 5) is 59.0. The molecule has 6 atom stereocenters. The van der Waals surface area contributed by atoms with Crippen molar-refractivity contribution in [3.8, 4) is 5.75 Å². The van der Waals surface area contributed by atoms with Gasteiger partial charge in [-0.25, -0.2) is 9.29 Å². The third kappa shape index (κ3) is 6.62. The quantitative estimate of drug-likeness (QED) is 0.105. The number of carbonyl (C=O) groups is 4. The summed E-state index contributed by atoms with van der Waals surface area (Å²) in [6.07, 6.45) is -9.26. The van der Waals surface area contributed by atoms with Gasteiger partial charge in [-0.1, -0.05) is 47.5 Å². The number of nitrogens with one attached hydrogen (secondary N) is 1. The maximum Gasteiger partial charge on any atom is 0.416 e. The maximum absolute atomic E-state index is 15.2. The van der Waals surface area contributed by atoms with Gasteiger partial charge in [0.2, 0.25) is 11.8 Å². The van der Waals surface area contributed by atoms with Gasteiger partial charge in [0.15, 0.2) is 0 Å². The second-order valence-electron chi connectivity index (χ2n) is 14.8. The van der Waals surface area contributed by atoms with E-state index in [4.69, 9.17) is 16.3 Å². The van der Waals surface area contributed by atoms with Crippen molar-refractivity contribution in [2.45, 2.75) is 36.5 Å². The Morgan fingerprint density at radius 3 is 2.02 bits per heavy atom. The smallest absolute Gasteiger partial charge is 0.416 e. The Bertz CT molecular complexity index is 2360. The van der Waals surface area contributed by atoms with Crippen molar-refractivity contribution in [1.82, 2.24) is 5.01 Å². The first-order chi connectivity index (χ1) is 27.9. The molecule has 2 aliphatic carbocycles. The lowest BCUT2D eigenvalue weighted by atomic mass is 9.49. The van der Waals surface area contributed by atoms with Crippen LogP contribution in [0.25, 0.3) is 0 Å². The molecule has 9 nitrogen and oxygen atoms in total. The Morgan fingerprint density at radius 2 is 1.42 bits per heavy atom. The van der Waals surface area contributed by atoms with Crippen LogP contribution >= 0.6 is 11.6 Å². The van der Waals surface area contributed by atoms with Crippen molar-refractivity contribution >= 4 is 46.6 Å². The number of imide groups is 2. The Hall–Kier alpha value is -5.74. The predicted molar refractivity (Wildman–Crippen MR) is 197 cm³/mol. The van der Waals surface area contributed by atoms with E-state index in [0.29, 0.717) is 44.5 Å². The monoisotopic (exact) mass is 841 g/mol. The lowest BCUT2D eigenvalue weighted by Crippen LogP contribution is -2.53. The molecule has 59 heavy (non-hydrogen) atoms. The van der Waals surface area contributed by atoms with Gasteiger partial charge in [0.1, 0.15) is 18.2 Å². The van der Waals surface area contributed by atoms with Crippen LogP contribution in [-0.2, 0) is 36.9 Å². The number of aliphatic hydroxyl groups excluding tert-OH is 1. The number of hydrazine groups is 1. The summed E-state index contributed by atoms with van der Waals surface area (Å²) in [5, 5.41) is 10.4. The van der Waals surface area contributed by atoms with Crippen molar-refractivity contribution in [3.05, 3.63) is 136 Å². The van der Waals surface area contributed by atoms with Crippen LogP contribution in [0.15, 0.2) is 103 Å². The van der Waals surface area contributed by atoms with Gasteiger partial charge in [-0.3, -0.25) is 24.6 Å². The Kier molecular flexibility index (Phi) is 9.86. The number of benzene rings is 4. The van der Waals surface area contributed by atoms with Crippen molar-refractivity contribution in [2.24, 2.45) is 23.7 Å². The highest BCUT2D eigenvalue weighted by Gasteiger charge is 2.70.